The first kappa shape index (κ1) is 13.1. The summed E-state index contributed by atoms with van der Waals surface area (Å²) in [6, 6.07) is 16.9. The van der Waals surface area contributed by atoms with E-state index in [0.29, 0.717) is 12.1 Å². The van der Waals surface area contributed by atoms with E-state index < -0.39 is 0 Å². The van der Waals surface area contributed by atoms with Gasteiger partial charge in [0.1, 0.15) is 0 Å². The fourth-order valence-electron chi connectivity index (χ4n) is 3.66. The van der Waals surface area contributed by atoms with Gasteiger partial charge in [-0.05, 0) is 66.8 Å². The minimum atomic E-state index is 0.439. The Balaban J connectivity index is 1.57. The van der Waals surface area contributed by atoms with E-state index in [1.54, 1.807) is 0 Å². The van der Waals surface area contributed by atoms with Crippen LogP contribution in [0.25, 0.3) is 11.1 Å². The van der Waals surface area contributed by atoms with Crippen LogP contribution in [-0.4, -0.2) is 6.04 Å². The number of hydrogen-bond donors (Lipinski definition) is 1. The van der Waals surface area contributed by atoms with Gasteiger partial charge >= 0.3 is 0 Å². The van der Waals surface area contributed by atoms with Crippen molar-refractivity contribution in [2.24, 2.45) is 5.92 Å². The zero-order valence-electron chi connectivity index (χ0n) is 12.9. The first-order valence-electron chi connectivity index (χ1n) is 8.19. The van der Waals surface area contributed by atoms with Crippen LogP contribution in [0.4, 0.5) is 0 Å². The Kier molecular flexibility index (Phi) is 3.11. The van der Waals surface area contributed by atoms with Gasteiger partial charge in [-0.2, -0.15) is 0 Å². The molecule has 1 saturated carbocycles. The van der Waals surface area contributed by atoms with Crippen LogP contribution in [-0.2, 0) is 6.42 Å². The third kappa shape index (κ3) is 2.40. The molecule has 108 valence electrons. The highest BCUT2D eigenvalue weighted by atomic mass is 15.0. The van der Waals surface area contributed by atoms with Crippen molar-refractivity contribution in [2.75, 3.05) is 0 Å². The quantitative estimate of drug-likeness (QED) is 0.728. The fourth-order valence-corrected chi connectivity index (χ4v) is 3.66. The predicted octanol–water partition coefficient (Wildman–Crippen LogP) is 4.71. The lowest BCUT2D eigenvalue weighted by Gasteiger charge is -2.20. The van der Waals surface area contributed by atoms with E-state index in [0.717, 1.165) is 12.3 Å². The highest BCUT2D eigenvalue weighted by molar-refractivity contribution is 5.76. The third-order valence-electron chi connectivity index (χ3n) is 5.16. The molecule has 4 rings (SSSR count). The van der Waals surface area contributed by atoms with Crippen LogP contribution in [0.1, 0.15) is 49.4 Å². The van der Waals surface area contributed by atoms with Gasteiger partial charge in [-0.15, -0.1) is 0 Å². The van der Waals surface area contributed by atoms with Gasteiger partial charge in [0.2, 0.25) is 0 Å². The number of fused-ring (bicyclic) bond motifs is 3. The maximum Gasteiger partial charge on any atom is 0.0294 e. The molecule has 0 aromatic heterocycles. The lowest BCUT2D eigenvalue weighted by atomic mass is 9.99. The second kappa shape index (κ2) is 4.99. The Hall–Kier alpha value is -1.60. The minimum absolute atomic E-state index is 0.439. The standard InChI is InChI=1S/C20H23N/c1-13(15-7-8-15)21-14(2)16-9-10-20-18(11-16)12-17-5-3-4-6-19(17)20/h3-6,9-11,13-15,21H,7-8,12H2,1-2H3. The van der Waals surface area contributed by atoms with Gasteiger partial charge in [-0.25, -0.2) is 0 Å². The summed E-state index contributed by atoms with van der Waals surface area (Å²) in [7, 11) is 0. The van der Waals surface area contributed by atoms with Gasteiger partial charge in [0.05, 0.1) is 0 Å². The largest absolute Gasteiger partial charge is 0.307 e. The first-order chi connectivity index (χ1) is 10.2. The lowest BCUT2D eigenvalue weighted by Crippen LogP contribution is -2.30. The molecule has 0 aliphatic heterocycles. The van der Waals surface area contributed by atoms with Crippen molar-refractivity contribution in [3.05, 3.63) is 59.2 Å². The van der Waals surface area contributed by atoms with E-state index in [9.17, 15) is 0 Å². The molecule has 0 radical (unpaired) electrons. The lowest BCUT2D eigenvalue weighted by molar-refractivity contribution is 0.441. The molecule has 1 fully saturated rings. The Labute approximate surface area is 127 Å². The van der Waals surface area contributed by atoms with Gasteiger partial charge in [-0.3, -0.25) is 0 Å². The Morgan fingerprint density at radius 1 is 0.952 bits per heavy atom. The van der Waals surface area contributed by atoms with Crippen molar-refractivity contribution >= 4 is 0 Å². The molecule has 1 N–H and O–H groups in total. The molecule has 0 bridgehead atoms. The average molecular weight is 277 g/mol. The number of benzene rings is 2. The van der Waals surface area contributed by atoms with Crippen molar-refractivity contribution in [3.8, 4) is 11.1 Å². The second-order valence-corrected chi connectivity index (χ2v) is 6.76. The molecule has 1 heteroatoms. The molecule has 0 amide bonds. The van der Waals surface area contributed by atoms with E-state index in [4.69, 9.17) is 0 Å². The Morgan fingerprint density at radius 3 is 2.52 bits per heavy atom. The molecule has 1 nitrogen and oxygen atoms in total. The SMILES string of the molecule is CC(NC(C)C1CC1)c1ccc2c(c1)Cc1ccccc1-2. The summed E-state index contributed by atoms with van der Waals surface area (Å²) in [5.74, 6) is 0.908. The summed E-state index contributed by atoms with van der Waals surface area (Å²) in [5.41, 5.74) is 7.23. The molecule has 21 heavy (non-hydrogen) atoms. The molecule has 2 aliphatic rings. The summed E-state index contributed by atoms with van der Waals surface area (Å²) in [4.78, 5) is 0. The summed E-state index contributed by atoms with van der Waals surface area (Å²) < 4.78 is 0. The normalized spacial score (nSPS) is 19.0. The number of rotatable bonds is 4. The van der Waals surface area contributed by atoms with Crippen LogP contribution in [0.2, 0.25) is 0 Å². The zero-order valence-corrected chi connectivity index (χ0v) is 12.9. The summed E-state index contributed by atoms with van der Waals surface area (Å²) in [6.45, 7) is 4.63. The molecular weight excluding hydrogens is 254 g/mol. The minimum Gasteiger partial charge on any atom is -0.307 e. The van der Waals surface area contributed by atoms with Crippen LogP contribution in [0, 0.1) is 5.92 Å². The van der Waals surface area contributed by atoms with Gasteiger partial charge in [-0.1, -0.05) is 42.5 Å². The monoisotopic (exact) mass is 277 g/mol. The molecule has 2 atom stereocenters. The molecule has 0 heterocycles. The van der Waals surface area contributed by atoms with Gasteiger partial charge in [0.25, 0.3) is 0 Å². The smallest absolute Gasteiger partial charge is 0.0294 e. The number of hydrogen-bond acceptors (Lipinski definition) is 1. The van der Waals surface area contributed by atoms with E-state index >= 15 is 0 Å². The highest BCUT2D eigenvalue weighted by Gasteiger charge is 2.29. The zero-order chi connectivity index (χ0) is 14.4. The molecule has 2 aromatic rings. The van der Waals surface area contributed by atoms with Crippen molar-refractivity contribution in [3.63, 3.8) is 0 Å². The highest BCUT2D eigenvalue weighted by Crippen LogP contribution is 2.38. The fraction of sp³-hybridized carbons (Fsp3) is 0.400. The average Bonchev–Trinajstić information content (AvgIpc) is 3.27. The maximum atomic E-state index is 3.77. The van der Waals surface area contributed by atoms with Crippen LogP contribution < -0.4 is 5.32 Å². The van der Waals surface area contributed by atoms with Gasteiger partial charge in [0.15, 0.2) is 0 Å². The predicted molar refractivity (Wildman–Crippen MR) is 88.4 cm³/mol. The van der Waals surface area contributed by atoms with Crippen molar-refractivity contribution in [1.82, 2.24) is 5.32 Å². The second-order valence-electron chi connectivity index (χ2n) is 6.76. The third-order valence-corrected chi connectivity index (χ3v) is 5.16. The van der Waals surface area contributed by atoms with E-state index in [1.807, 2.05) is 0 Å². The van der Waals surface area contributed by atoms with Crippen LogP contribution in [0.15, 0.2) is 42.5 Å². The summed E-state index contributed by atoms with van der Waals surface area (Å²) in [6.07, 6.45) is 3.89. The molecule has 0 spiro atoms. The molecule has 2 unspecified atom stereocenters. The summed E-state index contributed by atoms with van der Waals surface area (Å²) in [5, 5.41) is 3.77. The number of nitrogens with one attached hydrogen (secondary N) is 1. The van der Waals surface area contributed by atoms with E-state index in [1.165, 1.54) is 40.7 Å². The summed E-state index contributed by atoms with van der Waals surface area (Å²) >= 11 is 0. The van der Waals surface area contributed by atoms with Gasteiger partial charge < -0.3 is 5.32 Å². The maximum absolute atomic E-state index is 3.77. The van der Waals surface area contributed by atoms with Gasteiger partial charge in [0, 0.05) is 12.1 Å². The Bertz CT molecular complexity index is 669. The van der Waals surface area contributed by atoms with E-state index in [-0.39, 0.29) is 0 Å². The molecule has 2 aliphatic carbocycles. The van der Waals surface area contributed by atoms with Crippen molar-refractivity contribution < 1.29 is 0 Å². The van der Waals surface area contributed by atoms with Crippen LogP contribution in [0.3, 0.4) is 0 Å². The first-order valence-corrected chi connectivity index (χ1v) is 8.19. The van der Waals surface area contributed by atoms with Crippen molar-refractivity contribution in [1.29, 1.82) is 0 Å². The van der Waals surface area contributed by atoms with Crippen LogP contribution >= 0.6 is 0 Å². The molecule has 0 saturated heterocycles. The van der Waals surface area contributed by atoms with Crippen molar-refractivity contribution in [2.45, 2.75) is 45.2 Å². The van der Waals surface area contributed by atoms with E-state index in [2.05, 4.69) is 61.6 Å². The van der Waals surface area contributed by atoms with Crippen LogP contribution in [0.5, 0.6) is 0 Å². The molecule has 2 aromatic carbocycles. The molecular formula is C20H23N. The Morgan fingerprint density at radius 2 is 1.71 bits per heavy atom. The topological polar surface area (TPSA) is 12.0 Å².